The second kappa shape index (κ2) is 6.30. The maximum Gasteiger partial charge on any atom is 0.325 e. The molecule has 0 bridgehead atoms. The Morgan fingerprint density at radius 2 is 2.21 bits per heavy atom. The lowest BCUT2D eigenvalue weighted by Gasteiger charge is -2.23. The van der Waals surface area contributed by atoms with E-state index in [1.165, 1.54) is 7.11 Å². The Balaban J connectivity index is 2.65. The van der Waals surface area contributed by atoms with Crippen LogP contribution in [0.3, 0.4) is 0 Å². The molecule has 0 fully saturated rings. The van der Waals surface area contributed by atoms with E-state index < -0.39 is 22.8 Å². The van der Waals surface area contributed by atoms with Crippen molar-refractivity contribution in [2.75, 3.05) is 20.3 Å². The number of rotatable bonds is 6. The van der Waals surface area contributed by atoms with Crippen molar-refractivity contribution in [2.45, 2.75) is 18.9 Å². The van der Waals surface area contributed by atoms with Crippen molar-refractivity contribution in [1.29, 1.82) is 0 Å². The highest BCUT2D eigenvalue weighted by molar-refractivity contribution is 5.93. The van der Waals surface area contributed by atoms with Crippen molar-refractivity contribution >= 4 is 5.91 Å². The van der Waals surface area contributed by atoms with Gasteiger partial charge in [-0.1, -0.05) is 0 Å². The van der Waals surface area contributed by atoms with Crippen LogP contribution in [0, 0.1) is 0 Å². The number of nitrogens with one attached hydrogen (secondary N) is 3. The summed E-state index contributed by atoms with van der Waals surface area (Å²) in [6.07, 6.45) is 1.37. The molecule has 106 valence electrons. The van der Waals surface area contributed by atoms with Crippen LogP contribution in [0.25, 0.3) is 0 Å². The van der Waals surface area contributed by atoms with Gasteiger partial charge in [-0.15, -0.1) is 0 Å². The van der Waals surface area contributed by atoms with Gasteiger partial charge in [-0.05, 0) is 6.92 Å². The highest BCUT2D eigenvalue weighted by Gasteiger charge is 2.22. The molecule has 1 rings (SSSR count). The van der Waals surface area contributed by atoms with Crippen LogP contribution in [-0.2, 0) is 4.74 Å². The number of hydrogen-bond acceptors (Lipinski definition) is 5. The lowest BCUT2D eigenvalue weighted by molar-refractivity contribution is 0.0243. The molecule has 1 atom stereocenters. The predicted octanol–water partition coefficient (Wildman–Crippen LogP) is -1.42. The maximum atomic E-state index is 11.7. The van der Waals surface area contributed by atoms with Crippen LogP contribution in [0.1, 0.15) is 23.7 Å². The minimum absolute atomic E-state index is 0.0340. The lowest BCUT2D eigenvalue weighted by Crippen LogP contribution is -2.43. The molecule has 1 aromatic rings. The first kappa shape index (κ1) is 15.1. The van der Waals surface area contributed by atoms with Crippen LogP contribution in [0.15, 0.2) is 15.8 Å². The monoisotopic (exact) mass is 271 g/mol. The molecule has 0 spiro atoms. The molecule has 8 nitrogen and oxygen atoms in total. The summed E-state index contributed by atoms with van der Waals surface area (Å²) in [5, 5.41) is 12.3. The quantitative estimate of drug-likeness (QED) is 0.505. The van der Waals surface area contributed by atoms with Crippen molar-refractivity contribution in [3.8, 4) is 0 Å². The lowest BCUT2D eigenvalue weighted by atomic mass is 10.0. The zero-order valence-electron chi connectivity index (χ0n) is 10.8. The zero-order valence-corrected chi connectivity index (χ0v) is 10.8. The van der Waals surface area contributed by atoms with E-state index in [-0.39, 0.29) is 12.1 Å². The molecule has 0 saturated carbocycles. The molecule has 0 aliphatic carbocycles. The summed E-state index contributed by atoms with van der Waals surface area (Å²) < 4.78 is 4.83. The van der Waals surface area contributed by atoms with Crippen LogP contribution in [-0.4, -0.2) is 46.8 Å². The van der Waals surface area contributed by atoms with Crippen molar-refractivity contribution in [3.05, 3.63) is 32.6 Å². The Kier molecular flexibility index (Phi) is 5.02. The number of methoxy groups -OCH3 is 1. The molecule has 8 heteroatoms. The van der Waals surface area contributed by atoms with E-state index >= 15 is 0 Å². The summed E-state index contributed by atoms with van der Waals surface area (Å²) >= 11 is 0. The normalized spacial score (nSPS) is 13.8. The highest BCUT2D eigenvalue weighted by Crippen LogP contribution is 2.07. The third-order valence-electron chi connectivity index (χ3n) is 2.54. The van der Waals surface area contributed by atoms with Gasteiger partial charge >= 0.3 is 5.69 Å². The number of aliphatic hydroxyl groups is 1. The van der Waals surface area contributed by atoms with E-state index in [0.29, 0.717) is 13.0 Å². The van der Waals surface area contributed by atoms with Crippen molar-refractivity contribution in [1.82, 2.24) is 15.3 Å². The third kappa shape index (κ3) is 4.68. The maximum absolute atomic E-state index is 11.7. The fourth-order valence-electron chi connectivity index (χ4n) is 1.35. The fraction of sp³-hybridized carbons (Fsp3) is 0.545. The van der Waals surface area contributed by atoms with E-state index in [4.69, 9.17) is 4.74 Å². The standard InChI is InChI=1S/C11H17N3O5/c1-11(18,3-4-19-2)6-13-8(15)7-5-12-10(17)14-9(7)16/h5,18H,3-4,6H2,1-2H3,(H,13,15)(H2,12,14,16,17). The number of H-pyrrole nitrogens is 2. The molecule has 0 radical (unpaired) electrons. The molecule has 0 aromatic carbocycles. The minimum atomic E-state index is -1.14. The molecule has 19 heavy (non-hydrogen) atoms. The molecule has 1 unspecified atom stereocenters. The Labute approximate surface area is 108 Å². The SMILES string of the molecule is COCCC(C)(O)CNC(=O)c1c[nH]c(=O)[nH]c1=O. The van der Waals surface area contributed by atoms with Gasteiger partial charge in [-0.2, -0.15) is 0 Å². The van der Waals surface area contributed by atoms with Crippen LogP contribution in [0.5, 0.6) is 0 Å². The Hall–Kier alpha value is -1.93. The van der Waals surface area contributed by atoms with Gasteiger partial charge < -0.3 is 20.1 Å². The van der Waals surface area contributed by atoms with E-state index in [1.54, 1.807) is 6.92 Å². The molecular weight excluding hydrogens is 254 g/mol. The number of hydrogen-bond donors (Lipinski definition) is 4. The van der Waals surface area contributed by atoms with Gasteiger partial charge in [0.05, 0.1) is 5.60 Å². The van der Waals surface area contributed by atoms with Crippen LogP contribution >= 0.6 is 0 Å². The molecule has 0 saturated heterocycles. The van der Waals surface area contributed by atoms with E-state index in [0.717, 1.165) is 6.20 Å². The predicted molar refractivity (Wildman–Crippen MR) is 67.1 cm³/mol. The fourth-order valence-corrected chi connectivity index (χ4v) is 1.35. The Morgan fingerprint density at radius 1 is 1.53 bits per heavy atom. The largest absolute Gasteiger partial charge is 0.388 e. The smallest absolute Gasteiger partial charge is 0.325 e. The van der Waals surface area contributed by atoms with Crippen LogP contribution in [0.4, 0.5) is 0 Å². The average molecular weight is 271 g/mol. The average Bonchev–Trinajstić information content (AvgIpc) is 2.34. The van der Waals surface area contributed by atoms with E-state index in [9.17, 15) is 19.5 Å². The summed E-state index contributed by atoms with van der Waals surface area (Å²) in [7, 11) is 1.51. The van der Waals surface area contributed by atoms with Gasteiger partial charge in [0.15, 0.2) is 0 Å². The van der Waals surface area contributed by atoms with Crippen molar-refractivity contribution in [3.63, 3.8) is 0 Å². The van der Waals surface area contributed by atoms with Gasteiger partial charge in [-0.25, -0.2) is 4.79 Å². The molecule has 1 aromatic heterocycles. The van der Waals surface area contributed by atoms with Gasteiger partial charge in [0.2, 0.25) is 0 Å². The highest BCUT2D eigenvalue weighted by atomic mass is 16.5. The van der Waals surface area contributed by atoms with Gasteiger partial charge in [0, 0.05) is 32.9 Å². The Bertz CT molecular complexity index is 546. The number of aromatic amines is 2. The number of aromatic nitrogens is 2. The molecule has 4 N–H and O–H groups in total. The Morgan fingerprint density at radius 3 is 2.79 bits per heavy atom. The number of carbonyl (C=O) groups is 1. The van der Waals surface area contributed by atoms with Gasteiger partial charge in [-0.3, -0.25) is 14.6 Å². The van der Waals surface area contributed by atoms with Crippen molar-refractivity contribution < 1.29 is 14.6 Å². The zero-order chi connectivity index (χ0) is 14.5. The summed E-state index contributed by atoms with van der Waals surface area (Å²) in [5.41, 5.74) is -2.82. The first-order valence-corrected chi connectivity index (χ1v) is 5.67. The second-order valence-electron chi connectivity index (χ2n) is 4.41. The minimum Gasteiger partial charge on any atom is -0.388 e. The van der Waals surface area contributed by atoms with Gasteiger partial charge in [0.25, 0.3) is 11.5 Å². The number of ether oxygens (including phenoxy) is 1. The van der Waals surface area contributed by atoms with Crippen molar-refractivity contribution in [2.24, 2.45) is 0 Å². The third-order valence-corrected chi connectivity index (χ3v) is 2.54. The molecule has 0 aliphatic heterocycles. The molecule has 1 heterocycles. The van der Waals surface area contributed by atoms with E-state index in [1.807, 2.05) is 4.98 Å². The van der Waals surface area contributed by atoms with Gasteiger partial charge in [0.1, 0.15) is 5.56 Å². The first-order valence-electron chi connectivity index (χ1n) is 5.67. The van der Waals surface area contributed by atoms with Crippen LogP contribution < -0.4 is 16.6 Å². The topological polar surface area (TPSA) is 124 Å². The second-order valence-corrected chi connectivity index (χ2v) is 4.41. The summed E-state index contributed by atoms with van der Waals surface area (Å²) in [5.74, 6) is -0.671. The summed E-state index contributed by atoms with van der Waals surface area (Å²) in [4.78, 5) is 38.0. The first-order chi connectivity index (χ1) is 8.85. The molecule has 0 aliphatic rings. The molecular formula is C11H17N3O5. The van der Waals surface area contributed by atoms with E-state index in [2.05, 4.69) is 10.3 Å². The number of amides is 1. The number of carbonyl (C=O) groups excluding carboxylic acids is 1. The molecule has 1 amide bonds. The summed E-state index contributed by atoms with van der Waals surface area (Å²) in [6.45, 7) is 1.86. The van der Waals surface area contributed by atoms with Crippen LogP contribution in [0.2, 0.25) is 0 Å². The summed E-state index contributed by atoms with van der Waals surface area (Å²) in [6, 6.07) is 0.